The van der Waals surface area contributed by atoms with Crippen molar-refractivity contribution < 1.29 is 18.8 Å². The van der Waals surface area contributed by atoms with Crippen molar-refractivity contribution in [2.45, 2.75) is 77.1 Å². The maximum Gasteiger partial charge on any atom is 0.452 e. The number of amides is 2. The van der Waals surface area contributed by atoms with Crippen LogP contribution in [-0.4, -0.2) is 26.6 Å². The van der Waals surface area contributed by atoms with E-state index in [-0.39, 0.29) is 6.10 Å². The molecule has 0 unspecified atom stereocenters. The highest BCUT2D eigenvalue weighted by molar-refractivity contribution is 6.74. The summed E-state index contributed by atoms with van der Waals surface area (Å²) in [7, 11) is -2.05. The van der Waals surface area contributed by atoms with E-state index in [4.69, 9.17) is 9.16 Å². The van der Waals surface area contributed by atoms with Crippen molar-refractivity contribution >= 4 is 20.5 Å². The highest BCUT2D eigenvalue weighted by atomic mass is 28.4. The zero-order valence-electron chi connectivity index (χ0n) is 13.3. The third kappa shape index (κ3) is 5.95. The van der Waals surface area contributed by atoms with Crippen LogP contribution in [0.4, 0.5) is 9.59 Å². The molecule has 0 aliphatic heterocycles. The van der Waals surface area contributed by atoms with Crippen LogP contribution >= 0.6 is 0 Å². The molecule has 0 saturated heterocycles. The van der Waals surface area contributed by atoms with Crippen LogP contribution in [0.15, 0.2) is 10.2 Å². The molecule has 0 bridgehead atoms. The lowest BCUT2D eigenvalue weighted by molar-refractivity contribution is 0.0816. The van der Waals surface area contributed by atoms with Gasteiger partial charge in [0.15, 0.2) is 0 Å². The van der Waals surface area contributed by atoms with E-state index >= 15 is 0 Å². The Hall–Kier alpha value is -1.24. The highest BCUT2D eigenvalue weighted by Gasteiger charge is 2.33. The Morgan fingerprint density at radius 3 is 2.00 bits per heavy atom. The smallest absolute Gasteiger partial charge is 0.452 e. The summed E-state index contributed by atoms with van der Waals surface area (Å²) < 4.78 is 10.6. The number of hydrogen-bond donors (Lipinski definition) is 0. The van der Waals surface area contributed by atoms with Gasteiger partial charge in [0, 0.05) is 0 Å². The second-order valence-corrected chi connectivity index (χ2v) is 10.1. The van der Waals surface area contributed by atoms with Crippen molar-refractivity contribution in [3.63, 3.8) is 0 Å². The normalized spacial score (nSPS) is 16.9. The van der Waals surface area contributed by atoms with Crippen LogP contribution in [-0.2, 0) is 9.16 Å². The van der Waals surface area contributed by atoms with E-state index in [1.54, 1.807) is 0 Å². The summed E-state index contributed by atoms with van der Waals surface area (Å²) in [5, 5.41) is 6.66. The van der Waals surface area contributed by atoms with Crippen molar-refractivity contribution in [1.82, 2.24) is 0 Å². The van der Waals surface area contributed by atoms with Crippen LogP contribution in [0.5, 0.6) is 0 Å². The highest BCUT2D eigenvalue weighted by Crippen LogP contribution is 2.23. The first-order valence-electron chi connectivity index (χ1n) is 7.90. The molecule has 0 aromatic rings. The van der Waals surface area contributed by atoms with Crippen molar-refractivity contribution in [3.05, 3.63) is 0 Å². The zero-order chi connectivity index (χ0) is 15.7. The molecule has 0 aromatic carbocycles. The average Bonchev–Trinajstić information content (AvgIpc) is 2.52. The molecule has 0 radical (unpaired) electrons. The van der Waals surface area contributed by atoms with E-state index in [0.717, 1.165) is 43.8 Å². The van der Waals surface area contributed by atoms with Gasteiger partial charge in [-0.2, -0.15) is 0 Å². The molecule has 0 aromatic heterocycles. The fourth-order valence-corrected chi connectivity index (χ4v) is 4.95. The second kappa shape index (κ2) is 8.91. The molecular formula is C14H26N2O4Si. The number of carbonyl (C=O) groups excluding carboxylic acids is 2. The SMILES string of the molecule is CC[Si](CC)(CC)OC(=O)/N=N/C(=O)OC1CCCCC1. The van der Waals surface area contributed by atoms with Crippen molar-refractivity contribution in [2.75, 3.05) is 0 Å². The van der Waals surface area contributed by atoms with E-state index < -0.39 is 20.5 Å². The molecular weight excluding hydrogens is 288 g/mol. The topological polar surface area (TPSA) is 77.3 Å². The quantitative estimate of drug-likeness (QED) is 0.525. The first kappa shape index (κ1) is 17.8. The molecule has 21 heavy (non-hydrogen) atoms. The van der Waals surface area contributed by atoms with Gasteiger partial charge in [-0.05, 0) is 43.8 Å². The molecule has 0 N–H and O–H groups in total. The van der Waals surface area contributed by atoms with Gasteiger partial charge in [0.05, 0.1) is 0 Å². The summed E-state index contributed by atoms with van der Waals surface area (Å²) >= 11 is 0. The van der Waals surface area contributed by atoms with Crippen LogP contribution in [0, 0.1) is 0 Å². The second-order valence-electron chi connectivity index (χ2n) is 5.46. The minimum Gasteiger partial charge on any atom is -0.501 e. The molecule has 1 saturated carbocycles. The van der Waals surface area contributed by atoms with Crippen LogP contribution in [0.1, 0.15) is 52.9 Å². The fraction of sp³-hybridized carbons (Fsp3) is 0.857. The number of nitrogens with zero attached hydrogens (tertiary/aromatic N) is 2. The summed E-state index contributed by atoms with van der Waals surface area (Å²) in [6, 6.07) is 2.52. The predicted octanol–water partition coefficient (Wildman–Crippen LogP) is 5.05. The molecule has 6 nitrogen and oxygen atoms in total. The third-order valence-electron chi connectivity index (χ3n) is 4.27. The molecule has 1 rings (SSSR count). The Labute approximate surface area is 127 Å². The van der Waals surface area contributed by atoms with Gasteiger partial charge in [-0.3, -0.25) is 0 Å². The van der Waals surface area contributed by atoms with E-state index in [1.165, 1.54) is 6.42 Å². The van der Waals surface area contributed by atoms with Gasteiger partial charge in [-0.1, -0.05) is 37.4 Å². The maximum atomic E-state index is 11.7. The predicted molar refractivity (Wildman–Crippen MR) is 81.9 cm³/mol. The molecule has 1 fully saturated rings. The molecule has 1 aliphatic rings. The Bertz CT molecular complexity index is 369. The van der Waals surface area contributed by atoms with Gasteiger partial charge in [0.25, 0.3) is 8.32 Å². The van der Waals surface area contributed by atoms with Gasteiger partial charge in [0.2, 0.25) is 0 Å². The van der Waals surface area contributed by atoms with E-state index in [2.05, 4.69) is 10.2 Å². The molecule has 0 heterocycles. The van der Waals surface area contributed by atoms with Crippen LogP contribution in [0.2, 0.25) is 18.1 Å². The van der Waals surface area contributed by atoms with Gasteiger partial charge in [-0.15, -0.1) is 0 Å². The lowest BCUT2D eigenvalue weighted by atomic mass is 9.98. The fourth-order valence-electron chi connectivity index (χ4n) is 2.60. The number of rotatable bonds is 5. The van der Waals surface area contributed by atoms with Crippen LogP contribution < -0.4 is 0 Å². The number of carbonyl (C=O) groups is 2. The van der Waals surface area contributed by atoms with Gasteiger partial charge < -0.3 is 9.16 Å². The minimum absolute atomic E-state index is 0.0865. The van der Waals surface area contributed by atoms with Gasteiger partial charge >= 0.3 is 12.2 Å². The van der Waals surface area contributed by atoms with Crippen molar-refractivity contribution in [2.24, 2.45) is 10.2 Å². The van der Waals surface area contributed by atoms with Crippen molar-refractivity contribution in [1.29, 1.82) is 0 Å². The van der Waals surface area contributed by atoms with E-state index in [9.17, 15) is 9.59 Å². The summed E-state index contributed by atoms with van der Waals surface area (Å²) in [4.78, 5) is 23.2. The molecule has 2 amide bonds. The lowest BCUT2D eigenvalue weighted by Gasteiger charge is -2.25. The Balaban J connectivity index is 2.43. The Morgan fingerprint density at radius 1 is 0.952 bits per heavy atom. The summed E-state index contributed by atoms with van der Waals surface area (Å²) in [6.07, 6.45) is 3.38. The van der Waals surface area contributed by atoms with E-state index in [1.807, 2.05) is 20.8 Å². The van der Waals surface area contributed by atoms with E-state index in [0.29, 0.717) is 0 Å². The first-order valence-corrected chi connectivity index (χ1v) is 10.4. The maximum absolute atomic E-state index is 11.7. The molecule has 7 heteroatoms. The zero-order valence-corrected chi connectivity index (χ0v) is 14.3. The van der Waals surface area contributed by atoms with Crippen LogP contribution in [0.3, 0.4) is 0 Å². The van der Waals surface area contributed by atoms with Gasteiger partial charge in [0.1, 0.15) is 6.10 Å². The molecule has 0 spiro atoms. The Morgan fingerprint density at radius 2 is 1.48 bits per heavy atom. The number of azo groups is 1. The molecule has 1 aliphatic carbocycles. The minimum atomic E-state index is -2.05. The average molecular weight is 314 g/mol. The van der Waals surface area contributed by atoms with Gasteiger partial charge in [-0.25, -0.2) is 9.59 Å². The monoisotopic (exact) mass is 314 g/mol. The Kier molecular flexibility index (Phi) is 7.56. The summed E-state index contributed by atoms with van der Waals surface area (Å²) in [6.45, 7) is 6.04. The number of ether oxygens (including phenoxy) is 1. The summed E-state index contributed by atoms with van der Waals surface area (Å²) in [5.74, 6) is 0. The number of hydrogen-bond acceptors (Lipinski definition) is 4. The first-order chi connectivity index (χ1) is 10.0. The lowest BCUT2D eigenvalue weighted by Crippen LogP contribution is -2.37. The molecule has 120 valence electrons. The third-order valence-corrected chi connectivity index (χ3v) is 8.74. The largest absolute Gasteiger partial charge is 0.501 e. The standard InChI is InChI=1S/C14H26N2O4Si/c1-4-21(5-2,6-3)20-14(18)16-15-13(17)19-12-10-8-7-9-11-12/h12H,4-11H2,1-3H3/b16-15+. The van der Waals surface area contributed by atoms with Crippen LogP contribution in [0.25, 0.3) is 0 Å². The molecule has 0 atom stereocenters. The van der Waals surface area contributed by atoms with Crippen molar-refractivity contribution in [3.8, 4) is 0 Å². The summed E-state index contributed by atoms with van der Waals surface area (Å²) in [5.41, 5.74) is 0.